The van der Waals surface area contributed by atoms with Crippen molar-refractivity contribution in [2.24, 2.45) is 0 Å². The summed E-state index contributed by atoms with van der Waals surface area (Å²) in [6.45, 7) is 0. The second-order valence-corrected chi connectivity index (χ2v) is 3.74. The molecular weight excluding hydrogens is 196 g/mol. The van der Waals surface area contributed by atoms with Gasteiger partial charge in [0.2, 0.25) is 0 Å². The summed E-state index contributed by atoms with van der Waals surface area (Å²) in [5.41, 5.74) is 1.91. The minimum Gasteiger partial charge on any atom is -0.173 e. The van der Waals surface area contributed by atoms with Crippen molar-refractivity contribution in [1.82, 2.24) is 8.75 Å². The topological polar surface area (TPSA) is 25.8 Å². The van der Waals surface area contributed by atoms with E-state index in [4.69, 9.17) is 0 Å². The summed E-state index contributed by atoms with van der Waals surface area (Å²) in [5, 5.41) is 0. The minimum atomic E-state index is 0.953. The molecule has 56 valence electrons. The molecule has 1 aromatic heterocycles. The molecule has 0 aliphatic carbocycles. The fraction of sp³-hybridized carbons (Fsp3) is 0. The number of aromatic nitrogens is 2. The molecule has 1 aromatic carbocycles. The summed E-state index contributed by atoms with van der Waals surface area (Å²) >= 11 is 5.33. The zero-order valence-corrected chi connectivity index (χ0v) is 7.92. The Balaban J connectivity index is 2.67. The van der Waals surface area contributed by atoms with E-state index in [1.54, 1.807) is 0 Å². The van der Waals surface area contributed by atoms with E-state index in [1.165, 1.54) is 22.5 Å². The van der Waals surface area contributed by atoms with Gasteiger partial charge in [0.15, 0.2) is 0 Å². The summed E-state index contributed by atoms with van der Waals surface area (Å²) in [6.07, 6.45) is 0. The molecule has 5 heteroatoms. The van der Waals surface area contributed by atoms with Crippen LogP contribution in [-0.2, 0) is 0 Å². The molecule has 0 N–H and O–H groups in total. The number of fused-ring (bicyclic) bond motifs is 1. The van der Waals surface area contributed by atoms with Gasteiger partial charge >= 0.3 is 0 Å². The van der Waals surface area contributed by atoms with Crippen LogP contribution in [0.4, 0.5) is 0 Å². The zero-order valence-electron chi connectivity index (χ0n) is 5.39. The molecule has 1 heterocycles. The highest BCUT2D eigenvalue weighted by molar-refractivity contribution is 8.68. The van der Waals surface area contributed by atoms with Crippen LogP contribution in [0.5, 0.6) is 0 Å². The summed E-state index contributed by atoms with van der Waals surface area (Å²) < 4.78 is 8.20. The second kappa shape index (κ2) is 3.00. The summed E-state index contributed by atoms with van der Waals surface area (Å²) in [7, 11) is 1.42. The molecule has 0 fully saturated rings. The van der Waals surface area contributed by atoms with Gasteiger partial charge in [-0.1, -0.05) is 10.8 Å². The Kier molecular flexibility index (Phi) is 2.02. The SMILES string of the molecule is SSc1ccc2nsnc2c1. The van der Waals surface area contributed by atoms with Crippen molar-refractivity contribution in [3.63, 3.8) is 0 Å². The van der Waals surface area contributed by atoms with Gasteiger partial charge in [0, 0.05) is 4.90 Å². The standard InChI is InChI=1S/C6H4N2S3/c9-10-4-1-2-5-6(3-4)8-11-7-5/h1-3,9H. The average molecular weight is 200 g/mol. The monoisotopic (exact) mass is 200 g/mol. The third kappa shape index (κ3) is 1.36. The minimum absolute atomic E-state index is 0.953. The van der Waals surface area contributed by atoms with Gasteiger partial charge in [0.05, 0.1) is 11.7 Å². The van der Waals surface area contributed by atoms with Crippen LogP contribution in [0, 0.1) is 0 Å². The molecule has 0 aliphatic heterocycles. The Morgan fingerprint density at radius 3 is 2.91 bits per heavy atom. The third-order valence-electron chi connectivity index (χ3n) is 1.33. The lowest BCUT2D eigenvalue weighted by atomic mass is 10.3. The lowest BCUT2D eigenvalue weighted by Crippen LogP contribution is -1.69. The highest BCUT2D eigenvalue weighted by Gasteiger charge is 1.98. The number of hydrogen-bond acceptors (Lipinski definition) is 5. The maximum absolute atomic E-state index is 4.11. The highest BCUT2D eigenvalue weighted by Crippen LogP contribution is 2.24. The molecule has 0 saturated carbocycles. The van der Waals surface area contributed by atoms with E-state index in [0.29, 0.717) is 0 Å². The van der Waals surface area contributed by atoms with Crippen LogP contribution in [0.2, 0.25) is 0 Å². The smallest absolute Gasteiger partial charge is 0.105 e. The molecule has 0 spiro atoms. The van der Waals surface area contributed by atoms with Gasteiger partial charge in [-0.05, 0) is 18.2 Å². The first-order valence-electron chi connectivity index (χ1n) is 2.94. The molecule has 2 nitrogen and oxygen atoms in total. The van der Waals surface area contributed by atoms with Crippen LogP contribution >= 0.6 is 34.2 Å². The summed E-state index contributed by atoms with van der Waals surface area (Å²) in [6, 6.07) is 5.93. The molecule has 11 heavy (non-hydrogen) atoms. The Bertz CT molecular complexity index is 371. The first kappa shape index (κ1) is 7.39. The third-order valence-corrected chi connectivity index (χ3v) is 2.98. The van der Waals surface area contributed by atoms with Crippen molar-refractivity contribution >= 4 is 45.2 Å². The van der Waals surface area contributed by atoms with Crippen molar-refractivity contribution in [3.8, 4) is 0 Å². The summed E-state index contributed by atoms with van der Waals surface area (Å²) in [4.78, 5) is 1.11. The van der Waals surface area contributed by atoms with Gasteiger partial charge in [-0.15, -0.1) is 11.7 Å². The van der Waals surface area contributed by atoms with Gasteiger partial charge in [-0.3, -0.25) is 0 Å². The van der Waals surface area contributed by atoms with E-state index >= 15 is 0 Å². The number of thiol groups is 1. The fourth-order valence-corrected chi connectivity index (χ4v) is 1.97. The van der Waals surface area contributed by atoms with E-state index in [9.17, 15) is 0 Å². The number of nitrogens with zero attached hydrogens (tertiary/aromatic N) is 2. The first-order valence-corrected chi connectivity index (χ1v) is 5.54. The average Bonchev–Trinajstić information content (AvgIpc) is 2.50. The maximum atomic E-state index is 4.11. The molecule has 0 amide bonds. The van der Waals surface area contributed by atoms with Crippen LogP contribution < -0.4 is 0 Å². The Hall–Kier alpha value is -0.260. The van der Waals surface area contributed by atoms with Gasteiger partial charge in [0.25, 0.3) is 0 Å². The van der Waals surface area contributed by atoms with Crippen molar-refractivity contribution in [1.29, 1.82) is 0 Å². The predicted octanol–water partition coefficient (Wildman–Crippen LogP) is 2.63. The van der Waals surface area contributed by atoms with E-state index in [1.807, 2.05) is 18.2 Å². The fourth-order valence-electron chi connectivity index (χ4n) is 0.819. The van der Waals surface area contributed by atoms with Gasteiger partial charge in [-0.2, -0.15) is 8.75 Å². The van der Waals surface area contributed by atoms with Crippen LogP contribution in [-0.4, -0.2) is 8.75 Å². The van der Waals surface area contributed by atoms with Crippen molar-refractivity contribution < 1.29 is 0 Å². The van der Waals surface area contributed by atoms with E-state index < -0.39 is 0 Å². The zero-order chi connectivity index (χ0) is 7.68. The van der Waals surface area contributed by atoms with E-state index in [-0.39, 0.29) is 0 Å². The Morgan fingerprint density at radius 1 is 1.27 bits per heavy atom. The Labute approximate surface area is 77.2 Å². The second-order valence-electron chi connectivity index (χ2n) is 2.01. The first-order chi connectivity index (χ1) is 5.40. The molecule has 0 atom stereocenters. The lowest BCUT2D eigenvalue weighted by molar-refractivity contribution is 1.49. The predicted molar refractivity (Wildman–Crippen MR) is 52.3 cm³/mol. The lowest BCUT2D eigenvalue weighted by Gasteiger charge is -1.91. The van der Waals surface area contributed by atoms with Crippen LogP contribution in [0.1, 0.15) is 0 Å². The van der Waals surface area contributed by atoms with E-state index in [2.05, 4.69) is 20.4 Å². The quantitative estimate of drug-likeness (QED) is 0.566. The molecule has 0 aliphatic rings. The summed E-state index contributed by atoms with van der Waals surface area (Å²) in [5.74, 6) is 0. The normalized spacial score (nSPS) is 10.6. The highest BCUT2D eigenvalue weighted by atomic mass is 33.1. The van der Waals surface area contributed by atoms with Gasteiger partial charge in [-0.25, -0.2) is 0 Å². The maximum Gasteiger partial charge on any atom is 0.105 e. The molecule has 0 unspecified atom stereocenters. The number of rotatable bonds is 1. The molecule has 2 rings (SSSR count). The molecule has 2 aromatic rings. The molecule has 0 radical (unpaired) electrons. The van der Waals surface area contributed by atoms with Gasteiger partial charge in [0.1, 0.15) is 11.0 Å². The van der Waals surface area contributed by atoms with Crippen molar-refractivity contribution in [3.05, 3.63) is 18.2 Å². The van der Waals surface area contributed by atoms with Crippen LogP contribution in [0.15, 0.2) is 23.1 Å². The van der Waals surface area contributed by atoms with Crippen LogP contribution in [0.25, 0.3) is 11.0 Å². The molecule has 0 bridgehead atoms. The largest absolute Gasteiger partial charge is 0.173 e. The van der Waals surface area contributed by atoms with Gasteiger partial charge < -0.3 is 0 Å². The number of hydrogen-bond donors (Lipinski definition) is 1. The molecular formula is C6H4N2S3. The van der Waals surface area contributed by atoms with Crippen LogP contribution in [0.3, 0.4) is 0 Å². The Morgan fingerprint density at radius 2 is 2.09 bits per heavy atom. The number of benzene rings is 1. The van der Waals surface area contributed by atoms with E-state index in [0.717, 1.165) is 15.9 Å². The van der Waals surface area contributed by atoms with Crippen molar-refractivity contribution in [2.75, 3.05) is 0 Å². The van der Waals surface area contributed by atoms with Crippen molar-refractivity contribution in [2.45, 2.75) is 4.90 Å². The molecule has 0 saturated heterocycles.